The Bertz CT molecular complexity index is 1370. The van der Waals surface area contributed by atoms with Crippen LogP contribution in [0.25, 0.3) is 0 Å². The third-order valence-corrected chi connectivity index (χ3v) is 6.50. The van der Waals surface area contributed by atoms with Crippen molar-refractivity contribution in [2.75, 3.05) is 26.4 Å². The van der Waals surface area contributed by atoms with Crippen molar-refractivity contribution in [2.24, 2.45) is 0 Å². The van der Waals surface area contributed by atoms with Gasteiger partial charge >= 0.3 is 24.3 Å². The third-order valence-electron chi connectivity index (χ3n) is 6.50. The third kappa shape index (κ3) is 8.20. The standard InChI is InChI=1S/C30H24F6O8/c31-29(32,33)25-23(43-27(37)17-1-5-19(6-2-17)39-13-11-21-15-41-21)9-10-24(26(25)30(34,35)36)44-28(38)18-3-7-20(8-4-18)40-14-12-22-16-42-22/h1-10,21-22H,11-16H2. The molecule has 0 radical (unpaired) electrons. The fourth-order valence-electron chi connectivity index (χ4n) is 4.08. The first-order valence-electron chi connectivity index (χ1n) is 13.3. The Balaban J connectivity index is 1.33. The van der Waals surface area contributed by atoms with E-state index in [9.17, 15) is 35.9 Å². The Kier molecular flexibility index (Phi) is 9.02. The molecule has 2 atom stereocenters. The Labute approximate surface area is 246 Å². The van der Waals surface area contributed by atoms with Gasteiger partial charge in [0.15, 0.2) is 0 Å². The van der Waals surface area contributed by atoms with E-state index >= 15 is 0 Å². The van der Waals surface area contributed by atoms with E-state index in [0.29, 0.717) is 62.9 Å². The van der Waals surface area contributed by atoms with Gasteiger partial charge in [0, 0.05) is 12.8 Å². The van der Waals surface area contributed by atoms with Gasteiger partial charge in [0.25, 0.3) is 0 Å². The summed E-state index contributed by atoms with van der Waals surface area (Å²) in [4.78, 5) is 25.2. The number of ether oxygens (including phenoxy) is 6. The Hall–Kier alpha value is -4.30. The lowest BCUT2D eigenvalue weighted by Crippen LogP contribution is -2.22. The molecular formula is C30H24F6O8. The number of rotatable bonds is 12. The van der Waals surface area contributed by atoms with Crippen LogP contribution in [0.15, 0.2) is 60.7 Å². The minimum absolute atomic E-state index is 0.132. The van der Waals surface area contributed by atoms with E-state index in [1.54, 1.807) is 0 Å². The van der Waals surface area contributed by atoms with Crippen LogP contribution in [0.4, 0.5) is 26.3 Å². The van der Waals surface area contributed by atoms with Crippen LogP contribution in [-0.4, -0.2) is 50.6 Å². The number of hydrogen-bond acceptors (Lipinski definition) is 8. The lowest BCUT2D eigenvalue weighted by atomic mass is 10.0. The van der Waals surface area contributed by atoms with E-state index in [0.717, 1.165) is 0 Å². The first-order chi connectivity index (χ1) is 20.9. The summed E-state index contributed by atoms with van der Waals surface area (Å²) in [6.07, 6.45) is -9.75. The molecule has 234 valence electrons. The molecule has 2 unspecified atom stereocenters. The van der Waals surface area contributed by atoms with Crippen LogP contribution in [0, 0.1) is 0 Å². The molecule has 0 aliphatic carbocycles. The summed E-state index contributed by atoms with van der Waals surface area (Å²) in [5.41, 5.74) is -5.13. The molecule has 3 aromatic rings. The number of hydrogen-bond donors (Lipinski definition) is 0. The van der Waals surface area contributed by atoms with Gasteiger partial charge in [-0.15, -0.1) is 0 Å². The quantitative estimate of drug-likeness (QED) is 0.0974. The molecule has 14 heteroatoms. The maximum atomic E-state index is 14.1. The molecule has 0 amide bonds. The molecule has 44 heavy (non-hydrogen) atoms. The summed E-state index contributed by atoms with van der Waals surface area (Å²) in [6.45, 7) is 1.95. The van der Waals surface area contributed by atoms with Crippen molar-refractivity contribution >= 4 is 11.9 Å². The SMILES string of the molecule is O=C(Oc1ccc(OC(=O)c2ccc(OCCC3CO3)cc2)c(C(F)(F)F)c1C(F)(F)F)c1ccc(OCCC2CO2)cc1. The van der Waals surface area contributed by atoms with Gasteiger partial charge in [-0.1, -0.05) is 0 Å². The average Bonchev–Trinajstić information content (AvgIpc) is 3.90. The number of esters is 2. The molecule has 2 heterocycles. The predicted molar refractivity (Wildman–Crippen MR) is 139 cm³/mol. The average molecular weight is 627 g/mol. The summed E-state index contributed by atoms with van der Waals surface area (Å²) < 4.78 is 115. The van der Waals surface area contributed by atoms with E-state index in [2.05, 4.69) is 0 Å². The Morgan fingerprint density at radius 3 is 1.25 bits per heavy atom. The van der Waals surface area contributed by atoms with E-state index in [-0.39, 0.29) is 23.3 Å². The van der Waals surface area contributed by atoms with Gasteiger partial charge in [-0.3, -0.25) is 0 Å². The summed E-state index contributed by atoms with van der Waals surface area (Å²) in [5, 5.41) is 0. The molecule has 2 aliphatic rings. The molecule has 5 rings (SSSR count). The zero-order valence-electron chi connectivity index (χ0n) is 22.7. The van der Waals surface area contributed by atoms with Gasteiger partial charge in [-0.25, -0.2) is 9.59 Å². The lowest BCUT2D eigenvalue weighted by molar-refractivity contribution is -0.163. The number of carbonyl (C=O) groups excluding carboxylic acids is 2. The van der Waals surface area contributed by atoms with E-state index < -0.39 is 46.9 Å². The molecule has 0 spiro atoms. The van der Waals surface area contributed by atoms with Crippen molar-refractivity contribution < 1.29 is 64.4 Å². The van der Waals surface area contributed by atoms with Crippen LogP contribution < -0.4 is 18.9 Å². The van der Waals surface area contributed by atoms with Gasteiger partial charge in [0.1, 0.15) is 34.1 Å². The van der Waals surface area contributed by atoms with Crippen LogP contribution in [0.3, 0.4) is 0 Å². The van der Waals surface area contributed by atoms with Crippen LogP contribution in [0.1, 0.15) is 44.7 Å². The second-order valence-corrected chi connectivity index (χ2v) is 9.82. The molecule has 0 saturated carbocycles. The van der Waals surface area contributed by atoms with Gasteiger partial charge in [-0.05, 0) is 60.7 Å². The summed E-state index contributed by atoms with van der Waals surface area (Å²) >= 11 is 0. The molecule has 8 nitrogen and oxygen atoms in total. The first-order valence-corrected chi connectivity index (χ1v) is 13.3. The molecule has 0 N–H and O–H groups in total. The number of carbonyl (C=O) groups is 2. The zero-order valence-corrected chi connectivity index (χ0v) is 22.7. The highest BCUT2D eigenvalue weighted by molar-refractivity contribution is 5.92. The van der Waals surface area contributed by atoms with E-state index in [4.69, 9.17) is 28.4 Å². The highest BCUT2D eigenvalue weighted by Crippen LogP contribution is 2.49. The highest BCUT2D eigenvalue weighted by Gasteiger charge is 2.49. The monoisotopic (exact) mass is 626 g/mol. The Morgan fingerprint density at radius 2 is 0.955 bits per heavy atom. The van der Waals surface area contributed by atoms with Gasteiger partial charge in [0.2, 0.25) is 0 Å². The second-order valence-electron chi connectivity index (χ2n) is 9.82. The lowest BCUT2D eigenvalue weighted by Gasteiger charge is -2.21. The normalized spacial score (nSPS) is 17.5. The van der Waals surface area contributed by atoms with Crippen molar-refractivity contribution in [3.63, 3.8) is 0 Å². The minimum atomic E-state index is -5.66. The van der Waals surface area contributed by atoms with Crippen LogP contribution >= 0.6 is 0 Å². The molecular weight excluding hydrogens is 602 g/mol. The predicted octanol–water partition coefficient (Wildman–Crippen LogP) is 6.50. The van der Waals surface area contributed by atoms with Crippen molar-refractivity contribution in [2.45, 2.75) is 37.4 Å². The summed E-state index contributed by atoms with van der Waals surface area (Å²) in [5.74, 6) is -4.82. The maximum Gasteiger partial charge on any atom is 0.420 e. The fourth-order valence-corrected chi connectivity index (χ4v) is 4.08. The van der Waals surface area contributed by atoms with Gasteiger partial charge < -0.3 is 28.4 Å². The molecule has 0 bridgehead atoms. The first kappa shape index (κ1) is 31.1. The highest BCUT2D eigenvalue weighted by atomic mass is 19.4. The number of halogens is 6. The smallest absolute Gasteiger partial charge is 0.420 e. The van der Waals surface area contributed by atoms with Crippen LogP contribution in [0.2, 0.25) is 0 Å². The van der Waals surface area contributed by atoms with Crippen molar-refractivity contribution in [1.29, 1.82) is 0 Å². The number of benzene rings is 3. The maximum absolute atomic E-state index is 14.1. The van der Waals surface area contributed by atoms with Crippen molar-refractivity contribution in [1.82, 2.24) is 0 Å². The van der Waals surface area contributed by atoms with Crippen molar-refractivity contribution in [3.05, 3.63) is 82.9 Å². The van der Waals surface area contributed by atoms with Crippen LogP contribution in [0.5, 0.6) is 23.0 Å². The fraction of sp³-hybridized carbons (Fsp3) is 0.333. The molecule has 2 aliphatic heterocycles. The molecule has 0 aromatic heterocycles. The van der Waals surface area contributed by atoms with E-state index in [1.807, 2.05) is 0 Å². The number of epoxide rings is 2. The number of alkyl halides is 6. The Morgan fingerprint density at radius 1 is 0.614 bits per heavy atom. The van der Waals surface area contributed by atoms with Crippen LogP contribution in [-0.2, 0) is 21.8 Å². The summed E-state index contributed by atoms with van der Waals surface area (Å²) in [7, 11) is 0. The van der Waals surface area contributed by atoms with E-state index in [1.165, 1.54) is 48.5 Å². The molecule has 2 fully saturated rings. The van der Waals surface area contributed by atoms with Crippen molar-refractivity contribution in [3.8, 4) is 23.0 Å². The largest absolute Gasteiger partial charge is 0.493 e. The molecule has 3 aromatic carbocycles. The topological polar surface area (TPSA) is 96.1 Å². The zero-order chi connectivity index (χ0) is 31.5. The van der Waals surface area contributed by atoms with Gasteiger partial charge in [0.05, 0.1) is 49.8 Å². The van der Waals surface area contributed by atoms with Gasteiger partial charge in [-0.2, -0.15) is 26.3 Å². The molecule has 2 saturated heterocycles. The second kappa shape index (κ2) is 12.7. The minimum Gasteiger partial charge on any atom is -0.493 e. The summed E-state index contributed by atoms with van der Waals surface area (Å²) in [6, 6.07) is 11.2.